The van der Waals surface area contributed by atoms with Crippen molar-refractivity contribution in [3.05, 3.63) is 46.6 Å². The van der Waals surface area contributed by atoms with Crippen LogP contribution in [0.15, 0.2) is 28.8 Å². The molecule has 0 spiro atoms. The zero-order chi connectivity index (χ0) is 13.0. The largest absolute Gasteiger partial charge is 0.444 e. The van der Waals surface area contributed by atoms with Gasteiger partial charge in [0.05, 0.1) is 24.0 Å². The summed E-state index contributed by atoms with van der Waals surface area (Å²) in [5.74, 6) is 1.44. The second-order valence-corrected chi connectivity index (χ2v) is 4.17. The molecule has 0 aliphatic rings. The number of nitriles is 1. The molecule has 0 atom stereocenters. The first kappa shape index (κ1) is 12.5. The second-order valence-electron chi connectivity index (χ2n) is 3.73. The number of nitrogens with zero attached hydrogens (tertiary/aromatic N) is 2. The van der Waals surface area contributed by atoms with Gasteiger partial charge in [-0.1, -0.05) is 18.5 Å². The van der Waals surface area contributed by atoms with E-state index in [0.29, 0.717) is 28.7 Å². The molecule has 92 valence electrons. The van der Waals surface area contributed by atoms with Gasteiger partial charge in [-0.2, -0.15) is 5.26 Å². The Morgan fingerprint density at radius 1 is 1.50 bits per heavy atom. The summed E-state index contributed by atoms with van der Waals surface area (Å²) >= 11 is 5.89. The summed E-state index contributed by atoms with van der Waals surface area (Å²) in [6.45, 7) is 2.43. The van der Waals surface area contributed by atoms with Gasteiger partial charge in [-0.3, -0.25) is 0 Å². The quantitative estimate of drug-likeness (QED) is 0.917. The van der Waals surface area contributed by atoms with Crippen LogP contribution in [0.5, 0.6) is 0 Å². The third-order valence-corrected chi connectivity index (χ3v) is 2.72. The van der Waals surface area contributed by atoms with E-state index in [1.807, 2.05) is 6.92 Å². The summed E-state index contributed by atoms with van der Waals surface area (Å²) in [6.07, 6.45) is 2.52. The molecule has 18 heavy (non-hydrogen) atoms. The molecule has 1 aromatic heterocycles. The third kappa shape index (κ3) is 2.82. The zero-order valence-corrected chi connectivity index (χ0v) is 10.7. The monoisotopic (exact) mass is 261 g/mol. The van der Waals surface area contributed by atoms with Gasteiger partial charge in [-0.05, 0) is 18.2 Å². The van der Waals surface area contributed by atoms with Crippen LogP contribution < -0.4 is 5.32 Å². The average molecular weight is 262 g/mol. The fraction of sp³-hybridized carbons (Fsp3) is 0.231. The van der Waals surface area contributed by atoms with Crippen LogP contribution in [0.1, 0.15) is 24.1 Å². The Bertz CT molecular complexity index is 586. The highest BCUT2D eigenvalue weighted by Crippen LogP contribution is 2.21. The van der Waals surface area contributed by atoms with Crippen molar-refractivity contribution in [2.24, 2.45) is 0 Å². The molecule has 0 aliphatic carbocycles. The van der Waals surface area contributed by atoms with Crippen molar-refractivity contribution in [3.63, 3.8) is 0 Å². The summed E-state index contributed by atoms with van der Waals surface area (Å²) in [6, 6.07) is 7.18. The van der Waals surface area contributed by atoms with E-state index in [4.69, 9.17) is 21.3 Å². The van der Waals surface area contributed by atoms with Crippen molar-refractivity contribution in [3.8, 4) is 6.07 Å². The summed E-state index contributed by atoms with van der Waals surface area (Å²) in [7, 11) is 0. The Balaban J connectivity index is 2.10. The van der Waals surface area contributed by atoms with E-state index in [2.05, 4.69) is 16.4 Å². The predicted octanol–water partition coefficient (Wildman–Crippen LogP) is 3.37. The number of nitrogens with one attached hydrogen (secondary N) is 1. The number of aryl methyl sites for hydroxylation is 1. The van der Waals surface area contributed by atoms with Crippen LogP contribution in [-0.2, 0) is 13.0 Å². The maximum absolute atomic E-state index is 8.98. The number of aromatic nitrogens is 1. The van der Waals surface area contributed by atoms with Gasteiger partial charge in [0.2, 0.25) is 5.89 Å². The lowest BCUT2D eigenvalue weighted by atomic mass is 10.2. The molecule has 4 nitrogen and oxygen atoms in total. The minimum atomic E-state index is 0.426. The molecule has 1 N–H and O–H groups in total. The Hall–Kier alpha value is -1.99. The van der Waals surface area contributed by atoms with Gasteiger partial charge in [-0.25, -0.2) is 4.98 Å². The van der Waals surface area contributed by atoms with Gasteiger partial charge in [-0.15, -0.1) is 0 Å². The average Bonchev–Trinajstić information content (AvgIpc) is 2.84. The number of benzene rings is 1. The highest BCUT2D eigenvalue weighted by atomic mass is 35.5. The van der Waals surface area contributed by atoms with Gasteiger partial charge >= 0.3 is 0 Å². The first-order chi connectivity index (χ1) is 8.72. The van der Waals surface area contributed by atoms with E-state index in [1.54, 1.807) is 24.4 Å². The fourth-order valence-electron chi connectivity index (χ4n) is 1.52. The van der Waals surface area contributed by atoms with Crippen molar-refractivity contribution < 1.29 is 4.42 Å². The van der Waals surface area contributed by atoms with E-state index in [-0.39, 0.29) is 0 Å². The molecule has 0 unspecified atom stereocenters. The topological polar surface area (TPSA) is 61.9 Å². The van der Waals surface area contributed by atoms with Crippen molar-refractivity contribution in [2.75, 3.05) is 5.32 Å². The lowest BCUT2D eigenvalue weighted by Crippen LogP contribution is -2.01. The molecule has 2 rings (SSSR count). The summed E-state index contributed by atoms with van der Waals surface area (Å²) < 4.78 is 5.47. The maximum atomic E-state index is 8.98. The first-order valence-electron chi connectivity index (χ1n) is 5.60. The van der Waals surface area contributed by atoms with Crippen molar-refractivity contribution >= 4 is 17.3 Å². The number of halogens is 1. The zero-order valence-electron chi connectivity index (χ0n) is 9.90. The van der Waals surface area contributed by atoms with Crippen LogP contribution in [0.2, 0.25) is 5.02 Å². The molecule has 1 heterocycles. The minimum absolute atomic E-state index is 0.426. The van der Waals surface area contributed by atoms with E-state index in [9.17, 15) is 0 Å². The predicted molar refractivity (Wildman–Crippen MR) is 69.4 cm³/mol. The molecular weight excluding hydrogens is 250 g/mol. The molecule has 0 saturated heterocycles. The Labute approximate surface area is 110 Å². The molecule has 2 aromatic rings. The van der Waals surface area contributed by atoms with Gasteiger partial charge < -0.3 is 9.73 Å². The molecule has 0 bridgehead atoms. The second kappa shape index (κ2) is 5.56. The van der Waals surface area contributed by atoms with Crippen LogP contribution in [0.3, 0.4) is 0 Å². The van der Waals surface area contributed by atoms with E-state index >= 15 is 0 Å². The minimum Gasteiger partial charge on any atom is -0.444 e. The van der Waals surface area contributed by atoms with E-state index < -0.39 is 0 Å². The van der Waals surface area contributed by atoms with E-state index in [0.717, 1.165) is 12.2 Å². The fourth-order valence-corrected chi connectivity index (χ4v) is 1.70. The summed E-state index contributed by atoms with van der Waals surface area (Å²) in [5, 5.41) is 12.7. The summed E-state index contributed by atoms with van der Waals surface area (Å²) in [4.78, 5) is 4.13. The lowest BCUT2D eigenvalue weighted by Gasteiger charge is -2.06. The Morgan fingerprint density at radius 2 is 2.33 bits per heavy atom. The third-order valence-electron chi connectivity index (χ3n) is 2.48. The van der Waals surface area contributed by atoms with Crippen LogP contribution in [0, 0.1) is 11.3 Å². The number of rotatable bonds is 4. The maximum Gasteiger partial charge on any atom is 0.213 e. The van der Waals surface area contributed by atoms with Gasteiger partial charge in [0.1, 0.15) is 11.8 Å². The molecule has 0 saturated carbocycles. The van der Waals surface area contributed by atoms with Gasteiger partial charge in [0.25, 0.3) is 0 Å². The number of oxazole rings is 1. The molecule has 0 amide bonds. The SMILES string of the molecule is CCc1cnc(CNc2cc(Cl)ccc2C#N)o1. The number of hydrogen-bond acceptors (Lipinski definition) is 4. The first-order valence-corrected chi connectivity index (χ1v) is 5.98. The molecule has 0 radical (unpaired) electrons. The van der Waals surface area contributed by atoms with Crippen molar-refractivity contribution in [2.45, 2.75) is 19.9 Å². The Kier molecular flexibility index (Phi) is 3.85. The molecule has 0 aliphatic heterocycles. The lowest BCUT2D eigenvalue weighted by molar-refractivity contribution is 0.466. The van der Waals surface area contributed by atoms with Crippen molar-refractivity contribution in [1.82, 2.24) is 4.98 Å². The number of hydrogen-bond donors (Lipinski definition) is 1. The molecule has 0 fully saturated rings. The van der Waals surface area contributed by atoms with Crippen LogP contribution in [0.4, 0.5) is 5.69 Å². The normalized spacial score (nSPS) is 10.1. The molecular formula is C13H12ClN3O. The van der Waals surface area contributed by atoms with Crippen LogP contribution in [0.25, 0.3) is 0 Å². The molecule has 5 heteroatoms. The highest BCUT2D eigenvalue weighted by Gasteiger charge is 2.05. The molecule has 1 aromatic carbocycles. The van der Waals surface area contributed by atoms with Crippen molar-refractivity contribution in [1.29, 1.82) is 5.26 Å². The smallest absolute Gasteiger partial charge is 0.213 e. The summed E-state index contributed by atoms with van der Waals surface area (Å²) in [5.41, 5.74) is 1.22. The van der Waals surface area contributed by atoms with Crippen LogP contribution >= 0.6 is 11.6 Å². The van der Waals surface area contributed by atoms with Gasteiger partial charge in [0.15, 0.2) is 0 Å². The van der Waals surface area contributed by atoms with Gasteiger partial charge in [0, 0.05) is 11.4 Å². The Morgan fingerprint density at radius 3 is 3.00 bits per heavy atom. The highest BCUT2D eigenvalue weighted by molar-refractivity contribution is 6.30. The van der Waals surface area contributed by atoms with Crippen LogP contribution in [-0.4, -0.2) is 4.98 Å². The number of anilines is 1. The van der Waals surface area contributed by atoms with E-state index in [1.165, 1.54) is 0 Å². The standard InChI is InChI=1S/C13H12ClN3O/c1-2-11-7-17-13(18-11)8-16-12-5-10(14)4-3-9(12)6-15/h3-5,7,16H,2,8H2,1H3.